The molecule has 1 aromatic heterocycles. The molecule has 5 rings (SSSR count). The van der Waals surface area contributed by atoms with E-state index in [1.807, 2.05) is 23.1 Å². The Bertz CT molecular complexity index is 1200. The van der Waals surface area contributed by atoms with E-state index in [0.717, 1.165) is 32.7 Å². The number of rotatable bonds is 5. The van der Waals surface area contributed by atoms with Crippen molar-refractivity contribution in [1.29, 1.82) is 0 Å². The third-order valence-electron chi connectivity index (χ3n) is 6.91. The van der Waals surface area contributed by atoms with E-state index in [1.54, 1.807) is 30.6 Å². The number of nitrogens with one attached hydrogen (secondary N) is 1. The monoisotopic (exact) mass is 490 g/mol. The molecule has 3 heterocycles. The molecule has 2 aromatic carbocycles. The maximum Gasteiger partial charge on any atom is 0.255 e. The molecular formula is C27H31FN6O2. The summed E-state index contributed by atoms with van der Waals surface area (Å²) in [6, 6.07) is 12.5. The molecule has 0 unspecified atom stereocenters. The molecule has 2 aliphatic heterocycles. The Morgan fingerprint density at radius 3 is 2.44 bits per heavy atom. The number of hydrogen-bond donors (Lipinski definition) is 1. The van der Waals surface area contributed by atoms with E-state index in [9.17, 15) is 4.79 Å². The number of carbonyl (C=O) groups is 1. The molecule has 8 nitrogen and oxygen atoms in total. The SMILES string of the molecule is C[C@@H]1CN(c2cc(F)c(-c3cnc(N4CCOCC4)nc3)cc2NC(=O)c2ccccc2)CCN1C. The number of carbonyl (C=O) groups excluding carboxylic acids is 1. The topological polar surface area (TPSA) is 73.8 Å². The lowest BCUT2D eigenvalue weighted by atomic mass is 10.0. The van der Waals surface area contributed by atoms with Crippen molar-refractivity contribution < 1.29 is 13.9 Å². The fourth-order valence-electron chi connectivity index (χ4n) is 4.58. The van der Waals surface area contributed by atoms with Crippen LogP contribution in [0.2, 0.25) is 0 Å². The lowest BCUT2D eigenvalue weighted by Gasteiger charge is -2.39. The third kappa shape index (κ3) is 5.17. The first-order chi connectivity index (χ1) is 17.5. The van der Waals surface area contributed by atoms with Crippen LogP contribution in [0, 0.1) is 5.82 Å². The minimum atomic E-state index is -0.378. The Balaban J connectivity index is 1.48. The number of amides is 1. The highest BCUT2D eigenvalue weighted by Crippen LogP contribution is 2.35. The number of morpholine rings is 1. The molecule has 2 saturated heterocycles. The van der Waals surface area contributed by atoms with Gasteiger partial charge in [-0.2, -0.15) is 0 Å². The van der Waals surface area contributed by atoms with Crippen LogP contribution in [0.3, 0.4) is 0 Å². The van der Waals surface area contributed by atoms with Gasteiger partial charge in [0.25, 0.3) is 5.91 Å². The van der Waals surface area contributed by atoms with Gasteiger partial charge in [0.05, 0.1) is 24.6 Å². The lowest BCUT2D eigenvalue weighted by molar-refractivity contribution is 0.102. The number of benzene rings is 2. The highest BCUT2D eigenvalue weighted by Gasteiger charge is 2.25. The first-order valence-corrected chi connectivity index (χ1v) is 12.3. The number of ether oxygens (including phenoxy) is 1. The minimum absolute atomic E-state index is 0.240. The van der Waals surface area contributed by atoms with Crippen LogP contribution in [0.25, 0.3) is 11.1 Å². The van der Waals surface area contributed by atoms with Crippen molar-refractivity contribution in [3.05, 3.63) is 66.2 Å². The lowest BCUT2D eigenvalue weighted by Crippen LogP contribution is -2.50. The zero-order valence-corrected chi connectivity index (χ0v) is 20.7. The Morgan fingerprint density at radius 2 is 1.75 bits per heavy atom. The van der Waals surface area contributed by atoms with Gasteiger partial charge in [-0.25, -0.2) is 14.4 Å². The fraction of sp³-hybridized carbons (Fsp3) is 0.370. The summed E-state index contributed by atoms with van der Waals surface area (Å²) in [6.07, 6.45) is 3.27. The van der Waals surface area contributed by atoms with E-state index in [-0.39, 0.29) is 11.7 Å². The summed E-state index contributed by atoms with van der Waals surface area (Å²) in [5, 5.41) is 3.03. The van der Waals surface area contributed by atoms with E-state index in [0.29, 0.717) is 53.3 Å². The van der Waals surface area contributed by atoms with Crippen LogP contribution < -0.4 is 15.1 Å². The summed E-state index contributed by atoms with van der Waals surface area (Å²) in [5.41, 5.74) is 2.68. The molecule has 9 heteroatoms. The number of halogens is 1. The van der Waals surface area contributed by atoms with E-state index in [1.165, 1.54) is 6.07 Å². The second kappa shape index (κ2) is 10.6. The molecular weight excluding hydrogens is 459 g/mol. The van der Waals surface area contributed by atoms with E-state index in [2.05, 4.69) is 39.1 Å². The molecule has 0 radical (unpaired) electrons. The summed E-state index contributed by atoms with van der Waals surface area (Å²) >= 11 is 0. The van der Waals surface area contributed by atoms with Crippen molar-refractivity contribution in [2.75, 3.05) is 68.1 Å². The number of likely N-dealkylation sites (N-methyl/N-ethyl adjacent to an activating group) is 1. The highest BCUT2D eigenvalue weighted by molar-refractivity contribution is 6.06. The average molecular weight is 491 g/mol. The zero-order valence-electron chi connectivity index (χ0n) is 20.7. The molecule has 2 fully saturated rings. The van der Waals surface area contributed by atoms with Crippen LogP contribution in [0.15, 0.2) is 54.9 Å². The van der Waals surface area contributed by atoms with Crippen molar-refractivity contribution >= 4 is 23.2 Å². The minimum Gasteiger partial charge on any atom is -0.378 e. The van der Waals surface area contributed by atoms with Crippen LogP contribution in [0.4, 0.5) is 21.7 Å². The summed E-state index contributed by atoms with van der Waals surface area (Å²) in [5.74, 6) is -0.0179. The number of anilines is 3. The largest absolute Gasteiger partial charge is 0.378 e. The maximum absolute atomic E-state index is 15.5. The molecule has 0 bridgehead atoms. The Morgan fingerprint density at radius 1 is 1.03 bits per heavy atom. The predicted molar refractivity (Wildman–Crippen MR) is 139 cm³/mol. The molecule has 0 saturated carbocycles. The predicted octanol–water partition coefficient (Wildman–Crippen LogP) is 3.51. The summed E-state index contributed by atoms with van der Waals surface area (Å²) in [6.45, 7) is 7.20. The molecule has 0 aliphatic carbocycles. The van der Waals surface area contributed by atoms with Gasteiger partial charge < -0.3 is 24.8 Å². The summed E-state index contributed by atoms with van der Waals surface area (Å²) in [4.78, 5) is 28.5. The van der Waals surface area contributed by atoms with Crippen LogP contribution in [0.1, 0.15) is 17.3 Å². The van der Waals surface area contributed by atoms with Gasteiger partial charge in [-0.15, -0.1) is 0 Å². The van der Waals surface area contributed by atoms with Crippen molar-refractivity contribution in [2.45, 2.75) is 13.0 Å². The van der Waals surface area contributed by atoms with Gasteiger partial charge in [-0.05, 0) is 38.2 Å². The standard InChI is InChI=1S/C27H31FN6O2/c1-19-18-34(9-8-32(19)2)25-15-23(28)22(14-24(25)31-26(35)20-6-4-3-5-7-20)21-16-29-27(30-17-21)33-10-12-36-13-11-33/h3-7,14-17,19H,8-13,18H2,1-2H3,(H,31,35)/t19-/m1/s1. The van der Waals surface area contributed by atoms with Gasteiger partial charge in [-0.3, -0.25) is 4.79 Å². The van der Waals surface area contributed by atoms with Gasteiger partial charge in [0, 0.05) is 67.8 Å². The van der Waals surface area contributed by atoms with Gasteiger partial charge in [-0.1, -0.05) is 18.2 Å². The van der Waals surface area contributed by atoms with Crippen LogP contribution in [-0.4, -0.2) is 79.8 Å². The number of aromatic nitrogens is 2. The molecule has 188 valence electrons. The molecule has 1 amide bonds. The first kappa shape index (κ1) is 24.1. The molecule has 36 heavy (non-hydrogen) atoms. The second-order valence-electron chi connectivity index (χ2n) is 9.32. The smallest absolute Gasteiger partial charge is 0.255 e. The van der Waals surface area contributed by atoms with Crippen molar-refractivity contribution in [3.8, 4) is 11.1 Å². The van der Waals surface area contributed by atoms with Crippen molar-refractivity contribution in [1.82, 2.24) is 14.9 Å². The third-order valence-corrected chi connectivity index (χ3v) is 6.91. The van der Waals surface area contributed by atoms with Gasteiger partial charge >= 0.3 is 0 Å². The molecule has 1 atom stereocenters. The maximum atomic E-state index is 15.5. The van der Waals surface area contributed by atoms with Gasteiger partial charge in [0.2, 0.25) is 5.95 Å². The highest BCUT2D eigenvalue weighted by atomic mass is 19.1. The first-order valence-electron chi connectivity index (χ1n) is 12.3. The zero-order chi connectivity index (χ0) is 25.1. The average Bonchev–Trinajstić information content (AvgIpc) is 2.92. The van der Waals surface area contributed by atoms with Crippen molar-refractivity contribution in [2.24, 2.45) is 0 Å². The molecule has 3 aromatic rings. The number of hydrogen-bond acceptors (Lipinski definition) is 7. The van der Waals surface area contributed by atoms with Crippen LogP contribution in [0.5, 0.6) is 0 Å². The van der Waals surface area contributed by atoms with Crippen molar-refractivity contribution in [3.63, 3.8) is 0 Å². The van der Waals surface area contributed by atoms with Gasteiger partial charge in [0.15, 0.2) is 0 Å². The van der Waals surface area contributed by atoms with Gasteiger partial charge in [0.1, 0.15) is 5.82 Å². The number of nitrogens with zero attached hydrogens (tertiary/aromatic N) is 5. The molecule has 2 aliphatic rings. The van der Waals surface area contributed by atoms with E-state index in [4.69, 9.17) is 4.74 Å². The number of piperazine rings is 1. The van der Waals surface area contributed by atoms with Crippen LogP contribution >= 0.6 is 0 Å². The van der Waals surface area contributed by atoms with E-state index < -0.39 is 0 Å². The molecule has 1 N–H and O–H groups in total. The quantitative estimate of drug-likeness (QED) is 0.587. The fourth-order valence-corrected chi connectivity index (χ4v) is 4.58. The normalized spacial score (nSPS) is 18.8. The summed E-state index contributed by atoms with van der Waals surface area (Å²) < 4.78 is 20.9. The van der Waals surface area contributed by atoms with E-state index >= 15 is 4.39 Å². The van der Waals surface area contributed by atoms with Crippen LogP contribution in [-0.2, 0) is 4.74 Å². The second-order valence-corrected chi connectivity index (χ2v) is 9.32. The molecule has 0 spiro atoms. The Kier molecular flexibility index (Phi) is 7.11. The Hall–Kier alpha value is -3.56. The summed E-state index contributed by atoms with van der Waals surface area (Å²) in [7, 11) is 2.09. The Labute approximate surface area is 210 Å².